The van der Waals surface area contributed by atoms with Crippen LogP contribution in [0.15, 0.2) is 12.4 Å². The minimum Gasteiger partial charge on any atom is -0.323 e. The number of carbonyl (C=O) groups excluding carboxylic acids is 1. The molecule has 0 spiro atoms. The molecule has 1 atom stereocenters. The monoisotopic (exact) mass is 224 g/mol. The van der Waals surface area contributed by atoms with Crippen molar-refractivity contribution in [1.29, 1.82) is 0 Å². The predicted octanol–water partition coefficient (Wildman–Crippen LogP) is 1.09. The lowest BCUT2D eigenvalue weighted by atomic mass is 10.1. The molecule has 0 bridgehead atoms. The van der Waals surface area contributed by atoms with Crippen LogP contribution in [0.1, 0.15) is 20.8 Å². The number of anilines is 1. The molecule has 1 aromatic rings. The second-order valence-corrected chi connectivity index (χ2v) is 3.78. The Kier molecular flexibility index (Phi) is 4.98. The molecule has 90 valence electrons. The first-order valence-corrected chi connectivity index (χ1v) is 5.71. The van der Waals surface area contributed by atoms with Gasteiger partial charge >= 0.3 is 0 Å². The minimum atomic E-state index is -0.0371. The summed E-state index contributed by atoms with van der Waals surface area (Å²) in [5, 5.41) is 10.1. The lowest BCUT2D eigenvalue weighted by Gasteiger charge is -2.10. The van der Waals surface area contributed by atoms with E-state index in [-0.39, 0.29) is 11.8 Å². The average Bonchev–Trinajstić information content (AvgIpc) is 2.73. The largest absolute Gasteiger partial charge is 0.323 e. The minimum absolute atomic E-state index is 0.0246. The van der Waals surface area contributed by atoms with E-state index in [2.05, 4.69) is 15.7 Å². The standard InChI is InChI=1S/C11H20N4O/c1-4-12-6-9(3)11(16)14-10-7-13-15(5-2)8-10/h7-9,12H,4-6H2,1-3H3,(H,14,16). The van der Waals surface area contributed by atoms with Gasteiger partial charge in [-0.3, -0.25) is 9.48 Å². The van der Waals surface area contributed by atoms with E-state index in [1.807, 2.05) is 27.0 Å². The van der Waals surface area contributed by atoms with Crippen LogP contribution in [0.4, 0.5) is 5.69 Å². The van der Waals surface area contributed by atoms with E-state index in [9.17, 15) is 4.79 Å². The summed E-state index contributed by atoms with van der Waals surface area (Å²) < 4.78 is 1.78. The highest BCUT2D eigenvalue weighted by Gasteiger charge is 2.12. The number of hydrogen-bond acceptors (Lipinski definition) is 3. The average molecular weight is 224 g/mol. The second-order valence-electron chi connectivity index (χ2n) is 3.78. The van der Waals surface area contributed by atoms with Gasteiger partial charge in [0.2, 0.25) is 5.91 Å². The molecule has 0 aliphatic rings. The summed E-state index contributed by atoms with van der Waals surface area (Å²) in [4.78, 5) is 11.7. The quantitative estimate of drug-likeness (QED) is 0.760. The highest BCUT2D eigenvalue weighted by Crippen LogP contribution is 2.06. The Bertz CT molecular complexity index is 334. The molecule has 16 heavy (non-hydrogen) atoms. The fraction of sp³-hybridized carbons (Fsp3) is 0.636. The molecule has 0 aromatic carbocycles. The van der Waals surface area contributed by atoms with E-state index in [1.54, 1.807) is 10.9 Å². The zero-order chi connectivity index (χ0) is 12.0. The molecule has 1 amide bonds. The van der Waals surface area contributed by atoms with Gasteiger partial charge in [-0.05, 0) is 13.5 Å². The smallest absolute Gasteiger partial charge is 0.228 e. The number of carbonyl (C=O) groups is 1. The Morgan fingerprint density at radius 3 is 2.88 bits per heavy atom. The number of nitrogens with one attached hydrogen (secondary N) is 2. The van der Waals surface area contributed by atoms with Crippen LogP contribution in [0.5, 0.6) is 0 Å². The van der Waals surface area contributed by atoms with Crippen molar-refractivity contribution in [3.63, 3.8) is 0 Å². The normalized spacial score (nSPS) is 12.4. The van der Waals surface area contributed by atoms with Crippen LogP contribution in [0.3, 0.4) is 0 Å². The van der Waals surface area contributed by atoms with E-state index in [1.165, 1.54) is 0 Å². The summed E-state index contributed by atoms with van der Waals surface area (Å²) in [7, 11) is 0. The number of aryl methyl sites for hydroxylation is 1. The number of rotatable bonds is 6. The molecule has 2 N–H and O–H groups in total. The Hall–Kier alpha value is -1.36. The van der Waals surface area contributed by atoms with Crippen LogP contribution >= 0.6 is 0 Å². The van der Waals surface area contributed by atoms with Gasteiger partial charge in [0.15, 0.2) is 0 Å². The first-order valence-electron chi connectivity index (χ1n) is 5.71. The first-order chi connectivity index (χ1) is 7.67. The summed E-state index contributed by atoms with van der Waals surface area (Å²) in [5.74, 6) is -0.0125. The topological polar surface area (TPSA) is 59.0 Å². The zero-order valence-electron chi connectivity index (χ0n) is 10.2. The summed E-state index contributed by atoms with van der Waals surface area (Å²) in [6.45, 7) is 8.32. The van der Waals surface area contributed by atoms with Gasteiger partial charge in [0, 0.05) is 25.2 Å². The Labute approximate surface area is 96.2 Å². The maximum Gasteiger partial charge on any atom is 0.228 e. The molecule has 5 nitrogen and oxygen atoms in total. The van der Waals surface area contributed by atoms with Crippen molar-refractivity contribution in [2.75, 3.05) is 18.4 Å². The van der Waals surface area contributed by atoms with E-state index < -0.39 is 0 Å². The van der Waals surface area contributed by atoms with Crippen LogP contribution in [0.25, 0.3) is 0 Å². The van der Waals surface area contributed by atoms with Crippen molar-refractivity contribution < 1.29 is 4.79 Å². The van der Waals surface area contributed by atoms with Gasteiger partial charge in [-0.25, -0.2) is 0 Å². The lowest BCUT2D eigenvalue weighted by molar-refractivity contribution is -0.119. The van der Waals surface area contributed by atoms with Crippen molar-refractivity contribution in [3.8, 4) is 0 Å². The van der Waals surface area contributed by atoms with Crippen molar-refractivity contribution in [2.24, 2.45) is 5.92 Å². The van der Waals surface area contributed by atoms with Gasteiger partial charge in [-0.2, -0.15) is 5.10 Å². The van der Waals surface area contributed by atoms with Crippen LogP contribution in [-0.2, 0) is 11.3 Å². The molecule has 0 radical (unpaired) electrons. The van der Waals surface area contributed by atoms with Gasteiger partial charge in [0.25, 0.3) is 0 Å². The molecule has 0 saturated heterocycles. The summed E-state index contributed by atoms with van der Waals surface area (Å²) in [6.07, 6.45) is 3.50. The van der Waals surface area contributed by atoms with Crippen molar-refractivity contribution in [2.45, 2.75) is 27.3 Å². The van der Waals surface area contributed by atoms with Crippen LogP contribution in [0.2, 0.25) is 0 Å². The van der Waals surface area contributed by atoms with Gasteiger partial charge in [0.1, 0.15) is 0 Å². The van der Waals surface area contributed by atoms with E-state index in [4.69, 9.17) is 0 Å². The van der Waals surface area contributed by atoms with E-state index >= 15 is 0 Å². The van der Waals surface area contributed by atoms with E-state index in [0.29, 0.717) is 6.54 Å². The highest BCUT2D eigenvalue weighted by molar-refractivity contribution is 5.92. The molecule has 1 unspecified atom stereocenters. The van der Waals surface area contributed by atoms with Gasteiger partial charge < -0.3 is 10.6 Å². The molecule has 1 rings (SSSR count). The number of nitrogens with zero attached hydrogens (tertiary/aromatic N) is 2. The third-order valence-electron chi connectivity index (χ3n) is 2.37. The second kappa shape index (κ2) is 6.27. The van der Waals surface area contributed by atoms with Gasteiger partial charge in [-0.1, -0.05) is 13.8 Å². The highest BCUT2D eigenvalue weighted by atomic mass is 16.1. The Morgan fingerprint density at radius 1 is 1.56 bits per heavy atom. The fourth-order valence-corrected chi connectivity index (χ4v) is 1.32. The molecule has 0 aliphatic heterocycles. The zero-order valence-corrected chi connectivity index (χ0v) is 10.2. The maximum absolute atomic E-state index is 11.7. The van der Waals surface area contributed by atoms with Crippen molar-refractivity contribution in [3.05, 3.63) is 12.4 Å². The number of aromatic nitrogens is 2. The lowest BCUT2D eigenvalue weighted by Crippen LogP contribution is -2.30. The summed E-state index contributed by atoms with van der Waals surface area (Å²) >= 11 is 0. The molecule has 0 saturated carbocycles. The molecule has 1 aromatic heterocycles. The van der Waals surface area contributed by atoms with Crippen molar-refractivity contribution in [1.82, 2.24) is 15.1 Å². The molecule has 0 fully saturated rings. The van der Waals surface area contributed by atoms with Crippen LogP contribution < -0.4 is 10.6 Å². The van der Waals surface area contributed by atoms with Gasteiger partial charge in [0.05, 0.1) is 11.9 Å². The third kappa shape index (κ3) is 3.66. The van der Waals surface area contributed by atoms with Crippen molar-refractivity contribution >= 4 is 11.6 Å². The summed E-state index contributed by atoms with van der Waals surface area (Å²) in [5.41, 5.74) is 0.759. The van der Waals surface area contributed by atoms with Crippen LogP contribution in [-0.4, -0.2) is 28.8 Å². The molecular weight excluding hydrogens is 204 g/mol. The predicted molar refractivity (Wildman–Crippen MR) is 64.2 cm³/mol. The fourth-order valence-electron chi connectivity index (χ4n) is 1.32. The molecule has 0 aliphatic carbocycles. The maximum atomic E-state index is 11.7. The molecular formula is C11H20N4O. The first kappa shape index (κ1) is 12.7. The van der Waals surface area contributed by atoms with Gasteiger partial charge in [-0.15, -0.1) is 0 Å². The Morgan fingerprint density at radius 2 is 2.31 bits per heavy atom. The molecule has 1 heterocycles. The number of amides is 1. The molecule has 5 heteroatoms. The van der Waals surface area contributed by atoms with Crippen LogP contribution in [0, 0.1) is 5.92 Å². The number of hydrogen-bond donors (Lipinski definition) is 2. The third-order valence-corrected chi connectivity index (χ3v) is 2.37. The van der Waals surface area contributed by atoms with E-state index in [0.717, 1.165) is 18.8 Å². The SMILES string of the molecule is CCNCC(C)C(=O)Nc1cnn(CC)c1. The Balaban J connectivity index is 2.44. The summed E-state index contributed by atoms with van der Waals surface area (Å²) in [6, 6.07) is 0.